The quantitative estimate of drug-likeness (QED) is 0.718. The summed E-state index contributed by atoms with van der Waals surface area (Å²) in [7, 11) is 0. The highest BCUT2D eigenvalue weighted by molar-refractivity contribution is 6.07. The summed E-state index contributed by atoms with van der Waals surface area (Å²) in [5.41, 5.74) is 2.89. The highest BCUT2D eigenvalue weighted by atomic mass is 19.1. The molecule has 3 aromatic rings. The maximum Gasteiger partial charge on any atom is 0.291 e. The summed E-state index contributed by atoms with van der Waals surface area (Å²) < 4.78 is 19.1. The Morgan fingerprint density at radius 3 is 2.57 bits per heavy atom. The van der Waals surface area contributed by atoms with Crippen LogP contribution in [0.25, 0.3) is 11.0 Å². The molecular weight excluding hydrogens is 359 g/mol. The molecule has 6 heteroatoms. The summed E-state index contributed by atoms with van der Waals surface area (Å²) in [6.07, 6.45) is 2.04. The number of furan rings is 1. The van der Waals surface area contributed by atoms with Crippen LogP contribution < -0.4 is 5.32 Å². The fraction of sp³-hybridized carbons (Fsp3) is 0.273. The zero-order chi connectivity index (χ0) is 19.8. The second kappa shape index (κ2) is 7.11. The molecule has 1 aliphatic rings. The van der Waals surface area contributed by atoms with Crippen LogP contribution in [0.15, 0.2) is 40.8 Å². The third-order valence-corrected chi connectivity index (χ3v) is 5.31. The molecule has 1 N–H and O–H groups in total. The van der Waals surface area contributed by atoms with E-state index in [0.717, 1.165) is 25.9 Å². The summed E-state index contributed by atoms with van der Waals surface area (Å²) in [5, 5.41) is 3.40. The molecule has 1 fully saturated rings. The van der Waals surface area contributed by atoms with Gasteiger partial charge in [-0.3, -0.25) is 9.59 Å². The lowest BCUT2D eigenvalue weighted by Gasteiger charge is -2.18. The topological polar surface area (TPSA) is 62.6 Å². The molecule has 0 aliphatic carbocycles. The van der Waals surface area contributed by atoms with Crippen LogP contribution in [0, 0.1) is 19.7 Å². The third kappa shape index (κ3) is 3.15. The third-order valence-electron chi connectivity index (χ3n) is 5.31. The van der Waals surface area contributed by atoms with E-state index in [9.17, 15) is 14.0 Å². The molecule has 28 heavy (non-hydrogen) atoms. The van der Waals surface area contributed by atoms with Gasteiger partial charge in [0.05, 0.1) is 0 Å². The first-order chi connectivity index (χ1) is 13.5. The first-order valence-electron chi connectivity index (χ1n) is 9.34. The van der Waals surface area contributed by atoms with Gasteiger partial charge in [-0.25, -0.2) is 4.39 Å². The maximum absolute atomic E-state index is 13.5. The number of carbonyl (C=O) groups excluding carboxylic acids is 2. The zero-order valence-electron chi connectivity index (χ0n) is 15.8. The van der Waals surface area contributed by atoms with Gasteiger partial charge in [-0.2, -0.15) is 0 Å². The van der Waals surface area contributed by atoms with Crippen molar-refractivity contribution in [2.45, 2.75) is 26.7 Å². The van der Waals surface area contributed by atoms with Crippen molar-refractivity contribution in [1.29, 1.82) is 0 Å². The van der Waals surface area contributed by atoms with Crippen LogP contribution in [0.4, 0.5) is 10.1 Å². The highest BCUT2D eigenvalue weighted by Crippen LogP contribution is 2.28. The Hall–Kier alpha value is -3.15. The number of anilines is 1. The Morgan fingerprint density at radius 1 is 1.07 bits per heavy atom. The molecule has 0 saturated carbocycles. The number of hydrogen-bond donors (Lipinski definition) is 1. The van der Waals surface area contributed by atoms with Gasteiger partial charge in [0.2, 0.25) is 0 Å². The maximum atomic E-state index is 13.5. The van der Waals surface area contributed by atoms with E-state index in [1.165, 1.54) is 18.2 Å². The van der Waals surface area contributed by atoms with Crippen molar-refractivity contribution in [1.82, 2.24) is 4.90 Å². The summed E-state index contributed by atoms with van der Waals surface area (Å²) in [5.74, 6) is -0.687. The largest absolute Gasteiger partial charge is 0.451 e. The van der Waals surface area contributed by atoms with Gasteiger partial charge in [0, 0.05) is 35.3 Å². The molecule has 1 aromatic heterocycles. The van der Waals surface area contributed by atoms with Gasteiger partial charge in [-0.1, -0.05) is 6.07 Å². The minimum atomic E-state index is -0.428. The molecule has 0 spiro atoms. The highest BCUT2D eigenvalue weighted by Gasteiger charge is 2.23. The van der Waals surface area contributed by atoms with E-state index < -0.39 is 5.91 Å². The predicted octanol–water partition coefficient (Wildman–Crippen LogP) is 4.68. The molecule has 1 aliphatic heterocycles. The molecule has 2 amide bonds. The van der Waals surface area contributed by atoms with Crippen LogP contribution in [0.2, 0.25) is 0 Å². The van der Waals surface area contributed by atoms with Gasteiger partial charge in [0.1, 0.15) is 11.4 Å². The van der Waals surface area contributed by atoms with E-state index in [2.05, 4.69) is 5.32 Å². The Balaban J connectivity index is 1.62. The molecule has 4 rings (SSSR count). The minimum absolute atomic E-state index is 0.0125. The average molecular weight is 380 g/mol. The molecule has 2 heterocycles. The van der Waals surface area contributed by atoms with E-state index in [1.807, 2.05) is 11.8 Å². The van der Waals surface area contributed by atoms with Crippen LogP contribution in [0.3, 0.4) is 0 Å². The van der Waals surface area contributed by atoms with Crippen molar-refractivity contribution in [3.63, 3.8) is 0 Å². The molecule has 1 saturated heterocycles. The number of halogens is 1. The molecule has 144 valence electrons. The Labute approximate surface area is 162 Å². The Kier molecular flexibility index (Phi) is 4.63. The number of likely N-dealkylation sites (tertiary alicyclic amines) is 1. The van der Waals surface area contributed by atoms with Crippen LogP contribution in [-0.4, -0.2) is 29.8 Å². The average Bonchev–Trinajstić information content (AvgIpc) is 3.32. The number of amides is 2. The standard InChI is InChI=1S/C22H21FN2O3/c1-13-16(22(27)25-10-3-4-11-25)6-5-7-18(13)24-21(26)20-14(2)17-12-15(23)8-9-19(17)28-20/h5-9,12H,3-4,10-11H2,1-2H3,(H,24,26). The number of carbonyl (C=O) groups is 2. The SMILES string of the molecule is Cc1c(NC(=O)c2oc3ccc(F)cc3c2C)cccc1C(=O)N1CCCC1. The van der Waals surface area contributed by atoms with Crippen molar-refractivity contribution >= 4 is 28.5 Å². The lowest BCUT2D eigenvalue weighted by Crippen LogP contribution is -2.28. The first kappa shape index (κ1) is 18.2. The van der Waals surface area contributed by atoms with E-state index in [4.69, 9.17) is 4.42 Å². The van der Waals surface area contributed by atoms with Gasteiger partial charge in [-0.05, 0) is 62.6 Å². The number of benzene rings is 2. The number of hydrogen-bond acceptors (Lipinski definition) is 3. The number of nitrogens with one attached hydrogen (secondary N) is 1. The number of fused-ring (bicyclic) bond motifs is 1. The van der Waals surface area contributed by atoms with Crippen LogP contribution in [0.5, 0.6) is 0 Å². The van der Waals surface area contributed by atoms with Crippen molar-refractivity contribution in [2.75, 3.05) is 18.4 Å². The Bertz CT molecular complexity index is 1080. The first-order valence-corrected chi connectivity index (χ1v) is 9.34. The number of nitrogens with zero attached hydrogens (tertiary/aromatic N) is 1. The number of rotatable bonds is 3. The van der Waals surface area contributed by atoms with Crippen molar-refractivity contribution in [3.8, 4) is 0 Å². The fourth-order valence-electron chi connectivity index (χ4n) is 3.68. The van der Waals surface area contributed by atoms with E-state index >= 15 is 0 Å². The monoisotopic (exact) mass is 380 g/mol. The number of aryl methyl sites for hydroxylation is 1. The minimum Gasteiger partial charge on any atom is -0.451 e. The Morgan fingerprint density at radius 2 is 1.82 bits per heavy atom. The lowest BCUT2D eigenvalue weighted by atomic mass is 10.1. The van der Waals surface area contributed by atoms with Gasteiger partial charge in [0.15, 0.2) is 5.76 Å². The summed E-state index contributed by atoms with van der Waals surface area (Å²) in [4.78, 5) is 27.4. The van der Waals surface area contributed by atoms with Gasteiger partial charge in [-0.15, -0.1) is 0 Å². The fourth-order valence-corrected chi connectivity index (χ4v) is 3.68. The van der Waals surface area contributed by atoms with Gasteiger partial charge < -0.3 is 14.6 Å². The summed E-state index contributed by atoms with van der Waals surface area (Å²) in [6, 6.07) is 9.45. The van der Waals surface area contributed by atoms with Gasteiger partial charge >= 0.3 is 0 Å². The molecule has 5 nitrogen and oxygen atoms in total. The smallest absolute Gasteiger partial charge is 0.291 e. The van der Waals surface area contributed by atoms with Gasteiger partial charge in [0.25, 0.3) is 11.8 Å². The van der Waals surface area contributed by atoms with Crippen LogP contribution in [-0.2, 0) is 0 Å². The molecule has 0 bridgehead atoms. The predicted molar refractivity (Wildman–Crippen MR) is 105 cm³/mol. The van der Waals surface area contributed by atoms with Crippen LogP contribution in [0.1, 0.15) is 44.9 Å². The van der Waals surface area contributed by atoms with E-state index in [0.29, 0.717) is 33.3 Å². The molecular formula is C22H21FN2O3. The van der Waals surface area contributed by atoms with Crippen molar-refractivity contribution in [2.24, 2.45) is 0 Å². The summed E-state index contributed by atoms with van der Waals surface area (Å²) >= 11 is 0. The van der Waals surface area contributed by atoms with Crippen LogP contribution >= 0.6 is 0 Å². The lowest BCUT2D eigenvalue weighted by molar-refractivity contribution is 0.0791. The zero-order valence-corrected chi connectivity index (χ0v) is 15.8. The van der Waals surface area contributed by atoms with E-state index in [-0.39, 0.29) is 17.5 Å². The summed E-state index contributed by atoms with van der Waals surface area (Å²) in [6.45, 7) is 5.08. The molecule has 0 unspecified atom stereocenters. The molecule has 0 radical (unpaired) electrons. The molecule has 0 atom stereocenters. The second-order valence-electron chi connectivity index (χ2n) is 7.13. The normalized spacial score (nSPS) is 13.9. The van der Waals surface area contributed by atoms with Crippen molar-refractivity contribution in [3.05, 3.63) is 64.7 Å². The second-order valence-corrected chi connectivity index (χ2v) is 7.13. The van der Waals surface area contributed by atoms with Crippen molar-refractivity contribution < 1.29 is 18.4 Å². The molecule has 2 aromatic carbocycles. The van der Waals surface area contributed by atoms with E-state index in [1.54, 1.807) is 25.1 Å².